The second kappa shape index (κ2) is 6.76. The summed E-state index contributed by atoms with van der Waals surface area (Å²) in [7, 11) is 0. The summed E-state index contributed by atoms with van der Waals surface area (Å²) in [4.78, 5) is 16.4. The van der Waals surface area contributed by atoms with Gasteiger partial charge in [-0.1, -0.05) is 5.16 Å². The molecule has 3 rings (SSSR count). The van der Waals surface area contributed by atoms with Crippen molar-refractivity contribution in [1.82, 2.24) is 10.1 Å². The van der Waals surface area contributed by atoms with Crippen LogP contribution in [-0.2, 0) is 10.5 Å². The van der Waals surface area contributed by atoms with Gasteiger partial charge in [0.2, 0.25) is 5.91 Å². The average molecular weight is 331 g/mol. The van der Waals surface area contributed by atoms with Crippen LogP contribution in [0, 0.1) is 0 Å². The fraction of sp³-hybridized carbons (Fsp3) is 0.133. The Balaban J connectivity index is 1.59. The summed E-state index contributed by atoms with van der Waals surface area (Å²) >= 11 is 3.21. The van der Waals surface area contributed by atoms with Crippen LogP contribution < -0.4 is 5.32 Å². The van der Waals surface area contributed by atoms with Crippen LogP contribution in [0.3, 0.4) is 0 Å². The third-order valence-electron chi connectivity index (χ3n) is 2.78. The number of carbonyl (C=O) groups excluding carboxylic acids is 1. The van der Waals surface area contributed by atoms with Crippen molar-refractivity contribution in [2.75, 3.05) is 5.32 Å². The molecule has 22 heavy (non-hydrogen) atoms. The number of anilines is 1. The summed E-state index contributed by atoms with van der Waals surface area (Å²) in [5.41, 5.74) is 1.74. The fourth-order valence-electron chi connectivity index (χ4n) is 1.80. The highest BCUT2D eigenvalue weighted by Gasteiger charge is 2.09. The molecule has 0 bridgehead atoms. The van der Waals surface area contributed by atoms with Crippen LogP contribution in [0.5, 0.6) is 0 Å². The van der Waals surface area contributed by atoms with Gasteiger partial charge in [0.05, 0.1) is 11.3 Å². The van der Waals surface area contributed by atoms with Crippen molar-refractivity contribution in [3.63, 3.8) is 0 Å². The van der Waals surface area contributed by atoms with Crippen molar-refractivity contribution in [2.24, 2.45) is 0 Å². The number of thiophene rings is 1. The molecule has 0 unspecified atom stereocenters. The summed E-state index contributed by atoms with van der Waals surface area (Å²) in [6.07, 6.45) is 0. The Labute approximate surface area is 135 Å². The Morgan fingerprint density at radius 3 is 2.82 bits per heavy atom. The number of amides is 1. The maximum atomic E-state index is 11.0. The van der Waals surface area contributed by atoms with Crippen LogP contribution in [0.4, 0.5) is 5.69 Å². The maximum absolute atomic E-state index is 11.0. The largest absolute Gasteiger partial charge is 0.334 e. The quantitative estimate of drug-likeness (QED) is 0.714. The average Bonchev–Trinajstić information content (AvgIpc) is 3.17. The molecule has 112 valence electrons. The van der Waals surface area contributed by atoms with E-state index in [2.05, 4.69) is 15.5 Å². The number of nitrogens with one attached hydrogen (secondary N) is 1. The summed E-state index contributed by atoms with van der Waals surface area (Å²) in [6, 6.07) is 9.61. The molecule has 1 aromatic carbocycles. The lowest BCUT2D eigenvalue weighted by Crippen LogP contribution is -2.05. The third kappa shape index (κ3) is 3.75. The van der Waals surface area contributed by atoms with Crippen molar-refractivity contribution >= 4 is 34.7 Å². The SMILES string of the molecule is CC(=O)Nc1ccc(SCc2noc(-c3ccsc3)n2)cc1. The zero-order chi connectivity index (χ0) is 15.4. The summed E-state index contributed by atoms with van der Waals surface area (Å²) in [6.45, 7) is 1.49. The number of hydrogen-bond acceptors (Lipinski definition) is 6. The molecule has 0 radical (unpaired) electrons. The molecule has 2 aromatic heterocycles. The second-order valence-electron chi connectivity index (χ2n) is 4.52. The van der Waals surface area contributed by atoms with Gasteiger partial charge in [-0.05, 0) is 35.7 Å². The Hall–Kier alpha value is -2.12. The zero-order valence-corrected chi connectivity index (χ0v) is 13.4. The van der Waals surface area contributed by atoms with Crippen LogP contribution in [0.2, 0.25) is 0 Å². The molecule has 0 saturated carbocycles. The molecule has 0 fully saturated rings. The van der Waals surface area contributed by atoms with E-state index in [-0.39, 0.29) is 5.91 Å². The lowest BCUT2D eigenvalue weighted by molar-refractivity contribution is -0.114. The predicted molar refractivity (Wildman–Crippen MR) is 87.9 cm³/mol. The molecule has 0 aliphatic carbocycles. The van der Waals surface area contributed by atoms with Crippen molar-refractivity contribution in [2.45, 2.75) is 17.6 Å². The highest BCUT2D eigenvalue weighted by atomic mass is 32.2. The van der Waals surface area contributed by atoms with Gasteiger partial charge in [-0.25, -0.2) is 0 Å². The second-order valence-corrected chi connectivity index (χ2v) is 6.35. The highest BCUT2D eigenvalue weighted by Crippen LogP contribution is 2.25. The van der Waals surface area contributed by atoms with Crippen LogP contribution in [-0.4, -0.2) is 16.0 Å². The molecule has 1 N–H and O–H groups in total. The topological polar surface area (TPSA) is 68.0 Å². The lowest BCUT2D eigenvalue weighted by Gasteiger charge is -2.03. The van der Waals surface area contributed by atoms with Crippen LogP contribution >= 0.6 is 23.1 Å². The standard InChI is InChI=1S/C15H13N3O2S2/c1-10(19)16-12-2-4-13(5-3-12)22-9-14-17-15(20-18-14)11-6-7-21-8-11/h2-8H,9H2,1H3,(H,16,19). The van der Waals surface area contributed by atoms with Gasteiger partial charge in [-0.2, -0.15) is 16.3 Å². The summed E-state index contributed by atoms with van der Waals surface area (Å²) < 4.78 is 5.25. The molecule has 3 aromatic rings. The van der Waals surface area contributed by atoms with Gasteiger partial charge >= 0.3 is 0 Å². The predicted octanol–water partition coefficient (Wildman–Crippen LogP) is 4.05. The molecule has 5 nitrogen and oxygen atoms in total. The number of aromatic nitrogens is 2. The van der Waals surface area contributed by atoms with Crippen LogP contribution in [0.25, 0.3) is 11.5 Å². The molecule has 0 spiro atoms. The van der Waals surface area contributed by atoms with Crippen molar-refractivity contribution in [1.29, 1.82) is 0 Å². The molecular formula is C15H13N3O2S2. The molecular weight excluding hydrogens is 318 g/mol. The van der Waals surface area contributed by atoms with Gasteiger partial charge in [0.1, 0.15) is 0 Å². The van der Waals surface area contributed by atoms with Gasteiger partial charge in [0, 0.05) is 22.9 Å². The van der Waals surface area contributed by atoms with Crippen molar-refractivity contribution in [3.05, 3.63) is 46.9 Å². The summed E-state index contributed by atoms with van der Waals surface area (Å²) in [5, 5.41) is 10.7. The molecule has 0 aliphatic heterocycles. The van der Waals surface area contributed by atoms with Crippen LogP contribution in [0.1, 0.15) is 12.7 Å². The minimum atomic E-state index is -0.0758. The molecule has 2 heterocycles. The lowest BCUT2D eigenvalue weighted by atomic mass is 10.3. The molecule has 0 saturated heterocycles. The number of hydrogen-bond donors (Lipinski definition) is 1. The normalized spacial score (nSPS) is 10.6. The molecule has 1 amide bonds. The Kier molecular flexibility index (Phi) is 4.55. The van der Waals surface area contributed by atoms with E-state index in [9.17, 15) is 4.79 Å². The molecule has 7 heteroatoms. The maximum Gasteiger partial charge on any atom is 0.258 e. The number of thioether (sulfide) groups is 1. The summed E-state index contributed by atoms with van der Waals surface area (Å²) in [5.74, 6) is 1.77. The minimum Gasteiger partial charge on any atom is -0.334 e. The highest BCUT2D eigenvalue weighted by molar-refractivity contribution is 7.98. The van der Waals surface area contributed by atoms with Gasteiger partial charge in [0.15, 0.2) is 5.82 Å². The number of rotatable bonds is 5. The van der Waals surface area contributed by atoms with E-state index in [1.165, 1.54) is 6.92 Å². The third-order valence-corrected chi connectivity index (χ3v) is 4.47. The van der Waals surface area contributed by atoms with E-state index in [1.807, 2.05) is 41.1 Å². The van der Waals surface area contributed by atoms with Gasteiger partial charge < -0.3 is 9.84 Å². The minimum absolute atomic E-state index is 0.0758. The zero-order valence-electron chi connectivity index (χ0n) is 11.8. The smallest absolute Gasteiger partial charge is 0.258 e. The Morgan fingerprint density at radius 2 is 2.14 bits per heavy atom. The number of nitrogens with zero attached hydrogens (tertiary/aromatic N) is 2. The van der Waals surface area contributed by atoms with E-state index in [4.69, 9.17) is 4.52 Å². The van der Waals surface area contributed by atoms with E-state index in [1.54, 1.807) is 23.1 Å². The van der Waals surface area contributed by atoms with E-state index < -0.39 is 0 Å². The molecule has 0 atom stereocenters. The monoisotopic (exact) mass is 331 g/mol. The molecule has 0 aliphatic rings. The number of benzene rings is 1. The van der Waals surface area contributed by atoms with Crippen LogP contribution in [0.15, 0.2) is 50.5 Å². The van der Waals surface area contributed by atoms with E-state index in [0.717, 1.165) is 16.1 Å². The van der Waals surface area contributed by atoms with Gasteiger partial charge in [-0.3, -0.25) is 4.79 Å². The van der Waals surface area contributed by atoms with Gasteiger partial charge in [-0.15, -0.1) is 11.8 Å². The fourth-order valence-corrected chi connectivity index (χ4v) is 3.17. The number of carbonyl (C=O) groups is 1. The van der Waals surface area contributed by atoms with Gasteiger partial charge in [0.25, 0.3) is 5.89 Å². The first kappa shape index (κ1) is 14.8. The van der Waals surface area contributed by atoms with Crippen molar-refractivity contribution in [3.8, 4) is 11.5 Å². The first-order valence-corrected chi connectivity index (χ1v) is 8.49. The first-order valence-electron chi connectivity index (χ1n) is 6.56. The van der Waals surface area contributed by atoms with E-state index in [0.29, 0.717) is 17.5 Å². The van der Waals surface area contributed by atoms with E-state index >= 15 is 0 Å². The first-order chi connectivity index (χ1) is 10.7. The Morgan fingerprint density at radius 1 is 1.32 bits per heavy atom. The van der Waals surface area contributed by atoms with Crippen molar-refractivity contribution < 1.29 is 9.32 Å². The Bertz CT molecular complexity index is 751.